The average molecular weight is 310 g/mol. The molecule has 0 N–H and O–H groups in total. The summed E-state index contributed by atoms with van der Waals surface area (Å²) in [6, 6.07) is 4.49. The SMILES string of the molecule is Fc1ccnn1-c1c(Cl)cc(Br)cc1Cl. The van der Waals surface area contributed by atoms with Crippen LogP contribution >= 0.6 is 39.1 Å². The lowest BCUT2D eigenvalue weighted by Gasteiger charge is -2.07. The summed E-state index contributed by atoms with van der Waals surface area (Å²) in [5.74, 6) is -0.513. The van der Waals surface area contributed by atoms with Crippen molar-refractivity contribution in [3.8, 4) is 5.69 Å². The van der Waals surface area contributed by atoms with Crippen LogP contribution in [0.1, 0.15) is 0 Å². The zero-order valence-corrected chi connectivity index (χ0v) is 10.3. The number of aromatic nitrogens is 2. The third-order valence-electron chi connectivity index (χ3n) is 1.79. The minimum Gasteiger partial charge on any atom is -0.204 e. The summed E-state index contributed by atoms with van der Waals surface area (Å²) in [7, 11) is 0. The molecule has 6 heteroatoms. The normalized spacial score (nSPS) is 10.7. The van der Waals surface area contributed by atoms with Crippen LogP contribution < -0.4 is 0 Å². The van der Waals surface area contributed by atoms with Gasteiger partial charge in [0.2, 0.25) is 5.95 Å². The van der Waals surface area contributed by atoms with E-state index in [2.05, 4.69) is 21.0 Å². The second-order valence-corrected chi connectivity index (χ2v) is 4.51. The first-order valence-electron chi connectivity index (χ1n) is 3.94. The fraction of sp³-hybridized carbons (Fsp3) is 0. The molecule has 78 valence electrons. The molecule has 0 aliphatic rings. The highest BCUT2D eigenvalue weighted by atomic mass is 79.9. The lowest BCUT2D eigenvalue weighted by molar-refractivity contribution is 0.537. The highest BCUT2D eigenvalue weighted by molar-refractivity contribution is 9.10. The molecule has 2 nitrogen and oxygen atoms in total. The monoisotopic (exact) mass is 308 g/mol. The molecule has 1 aromatic carbocycles. The Hall–Kier alpha value is -0.580. The van der Waals surface area contributed by atoms with Gasteiger partial charge in [-0.2, -0.15) is 9.49 Å². The molecule has 0 radical (unpaired) electrons. The molecule has 0 aliphatic heterocycles. The number of hydrogen-bond acceptors (Lipinski definition) is 1. The lowest BCUT2D eigenvalue weighted by Crippen LogP contribution is -2.01. The summed E-state index contributed by atoms with van der Waals surface area (Å²) in [5, 5.41) is 4.46. The second-order valence-electron chi connectivity index (χ2n) is 2.78. The van der Waals surface area contributed by atoms with Crippen LogP contribution in [0.3, 0.4) is 0 Å². The largest absolute Gasteiger partial charge is 0.216 e. The third kappa shape index (κ3) is 2.02. The molecule has 0 aliphatic carbocycles. The Bertz CT molecular complexity index is 490. The van der Waals surface area contributed by atoms with Crippen molar-refractivity contribution in [3.05, 3.63) is 44.9 Å². The summed E-state index contributed by atoms with van der Waals surface area (Å²) in [4.78, 5) is 0. The van der Waals surface area contributed by atoms with Crippen LogP contribution in [0.5, 0.6) is 0 Å². The van der Waals surface area contributed by atoms with Gasteiger partial charge >= 0.3 is 0 Å². The predicted octanol–water partition coefficient (Wildman–Crippen LogP) is 4.08. The maximum Gasteiger partial charge on any atom is 0.216 e. The van der Waals surface area contributed by atoms with Crippen molar-refractivity contribution in [2.45, 2.75) is 0 Å². The first-order valence-corrected chi connectivity index (χ1v) is 5.49. The molecule has 15 heavy (non-hydrogen) atoms. The minimum atomic E-state index is -0.513. The summed E-state index contributed by atoms with van der Waals surface area (Å²) < 4.78 is 15.1. The van der Waals surface area contributed by atoms with Gasteiger partial charge in [-0.15, -0.1) is 0 Å². The van der Waals surface area contributed by atoms with Crippen LogP contribution in [0.15, 0.2) is 28.9 Å². The fourth-order valence-electron chi connectivity index (χ4n) is 1.19. The van der Waals surface area contributed by atoms with E-state index in [0.29, 0.717) is 15.7 Å². The molecule has 0 saturated carbocycles. The Morgan fingerprint density at radius 2 is 1.87 bits per heavy atom. The smallest absolute Gasteiger partial charge is 0.204 e. The molecule has 2 aromatic rings. The maximum atomic E-state index is 13.3. The summed E-state index contributed by atoms with van der Waals surface area (Å²) in [6.07, 6.45) is 1.34. The zero-order valence-electron chi connectivity index (χ0n) is 7.22. The second kappa shape index (κ2) is 4.12. The molecule has 0 spiro atoms. The number of rotatable bonds is 1. The van der Waals surface area contributed by atoms with Gasteiger partial charge in [0.25, 0.3) is 0 Å². The summed E-state index contributed by atoms with van der Waals surface area (Å²) >= 11 is 15.1. The molecule has 1 aromatic heterocycles. The van der Waals surface area contributed by atoms with E-state index in [4.69, 9.17) is 23.2 Å². The number of benzene rings is 1. The van der Waals surface area contributed by atoms with E-state index in [0.717, 1.165) is 9.15 Å². The molecule has 0 fully saturated rings. The Morgan fingerprint density at radius 1 is 1.27 bits per heavy atom. The first-order chi connectivity index (χ1) is 7.09. The molecule has 0 unspecified atom stereocenters. The average Bonchev–Trinajstić information content (AvgIpc) is 2.50. The summed E-state index contributed by atoms with van der Waals surface area (Å²) in [6.45, 7) is 0. The first kappa shape index (κ1) is 10.9. The van der Waals surface area contributed by atoms with Crippen molar-refractivity contribution in [1.29, 1.82) is 0 Å². The number of nitrogens with zero attached hydrogens (tertiary/aromatic N) is 2. The minimum absolute atomic E-state index is 0.331. The van der Waals surface area contributed by atoms with Crippen molar-refractivity contribution in [2.24, 2.45) is 0 Å². The van der Waals surface area contributed by atoms with E-state index in [1.54, 1.807) is 12.1 Å². The Balaban J connectivity index is 2.68. The topological polar surface area (TPSA) is 17.8 Å². The quantitative estimate of drug-likeness (QED) is 0.776. The van der Waals surface area contributed by atoms with Gasteiger partial charge in [0.15, 0.2) is 0 Å². The van der Waals surface area contributed by atoms with Gasteiger partial charge in [0.1, 0.15) is 5.69 Å². The molecule has 0 amide bonds. The van der Waals surface area contributed by atoms with Crippen molar-refractivity contribution < 1.29 is 4.39 Å². The van der Waals surface area contributed by atoms with Crippen molar-refractivity contribution >= 4 is 39.1 Å². The Morgan fingerprint density at radius 3 is 2.33 bits per heavy atom. The van der Waals surface area contributed by atoms with Crippen molar-refractivity contribution in [1.82, 2.24) is 9.78 Å². The Kier molecular flexibility index (Phi) is 3.00. The highest BCUT2D eigenvalue weighted by Gasteiger charge is 2.13. The maximum absolute atomic E-state index is 13.3. The molecule has 0 saturated heterocycles. The third-order valence-corrected chi connectivity index (χ3v) is 2.82. The van der Waals surface area contributed by atoms with Crippen LogP contribution in [0.25, 0.3) is 5.69 Å². The van der Waals surface area contributed by atoms with E-state index in [9.17, 15) is 4.39 Å². The van der Waals surface area contributed by atoms with E-state index in [1.807, 2.05) is 0 Å². The van der Waals surface area contributed by atoms with Gasteiger partial charge in [0.05, 0.1) is 16.2 Å². The van der Waals surface area contributed by atoms with Gasteiger partial charge in [-0.25, -0.2) is 4.68 Å². The molecular formula is C9H4BrCl2FN2. The van der Waals surface area contributed by atoms with Gasteiger partial charge in [-0.05, 0) is 12.1 Å². The fourth-order valence-corrected chi connectivity index (χ4v) is 2.56. The Labute approximate surface area is 104 Å². The molecule has 0 atom stereocenters. The zero-order chi connectivity index (χ0) is 11.0. The predicted molar refractivity (Wildman–Crippen MR) is 61.2 cm³/mol. The molecule has 0 bridgehead atoms. The van der Waals surface area contributed by atoms with E-state index >= 15 is 0 Å². The number of halogens is 4. The van der Waals surface area contributed by atoms with Crippen molar-refractivity contribution in [3.63, 3.8) is 0 Å². The van der Waals surface area contributed by atoms with Gasteiger partial charge in [-0.3, -0.25) is 0 Å². The number of hydrogen-bond donors (Lipinski definition) is 0. The molecule has 2 rings (SSSR count). The van der Waals surface area contributed by atoms with E-state index in [1.165, 1.54) is 12.3 Å². The van der Waals surface area contributed by atoms with Crippen LogP contribution in [-0.4, -0.2) is 9.78 Å². The standard InChI is InChI=1S/C9H4BrCl2FN2/c10-5-3-6(11)9(7(12)4-5)15-8(13)1-2-14-15/h1-4H. The van der Waals surface area contributed by atoms with Crippen LogP contribution in [0, 0.1) is 5.95 Å². The van der Waals surface area contributed by atoms with Gasteiger partial charge in [-0.1, -0.05) is 39.1 Å². The summed E-state index contributed by atoms with van der Waals surface area (Å²) in [5.41, 5.74) is 0.337. The molecular weight excluding hydrogens is 306 g/mol. The van der Waals surface area contributed by atoms with E-state index < -0.39 is 5.95 Å². The van der Waals surface area contributed by atoms with Crippen LogP contribution in [0.4, 0.5) is 4.39 Å². The van der Waals surface area contributed by atoms with Crippen LogP contribution in [-0.2, 0) is 0 Å². The highest BCUT2D eigenvalue weighted by Crippen LogP contribution is 2.32. The van der Waals surface area contributed by atoms with Crippen LogP contribution in [0.2, 0.25) is 10.0 Å². The van der Waals surface area contributed by atoms with Gasteiger partial charge in [0, 0.05) is 10.5 Å². The van der Waals surface area contributed by atoms with Crippen molar-refractivity contribution in [2.75, 3.05) is 0 Å². The van der Waals surface area contributed by atoms with E-state index in [-0.39, 0.29) is 0 Å². The van der Waals surface area contributed by atoms with Gasteiger partial charge < -0.3 is 0 Å². The lowest BCUT2D eigenvalue weighted by atomic mass is 10.3. The molecule has 1 heterocycles.